The van der Waals surface area contributed by atoms with Crippen molar-refractivity contribution in [1.29, 1.82) is 0 Å². The van der Waals surface area contributed by atoms with Crippen LogP contribution in [0.15, 0.2) is 60.7 Å². The van der Waals surface area contributed by atoms with Crippen molar-refractivity contribution in [3.63, 3.8) is 0 Å². The van der Waals surface area contributed by atoms with E-state index < -0.39 is 35.5 Å². The molecule has 0 saturated carbocycles. The number of alkyl carbamates (subject to hydrolysis) is 2. The smallest absolute Gasteiger partial charge is 0.408 e. The van der Waals surface area contributed by atoms with E-state index in [1.54, 1.807) is 90.1 Å². The monoisotopic (exact) mass is 686 g/mol. The highest BCUT2D eigenvalue weighted by Crippen LogP contribution is 2.16. The van der Waals surface area contributed by atoms with Crippen molar-refractivity contribution >= 4 is 24.0 Å². The van der Waals surface area contributed by atoms with Crippen LogP contribution in [0.4, 0.5) is 9.59 Å². The van der Waals surface area contributed by atoms with Gasteiger partial charge >= 0.3 is 12.2 Å². The van der Waals surface area contributed by atoms with Crippen LogP contribution in [-0.2, 0) is 33.3 Å². The highest BCUT2D eigenvalue weighted by Gasteiger charge is 2.27. The number of amides is 4. The Kier molecular flexibility index (Phi) is 18.1. The quantitative estimate of drug-likeness (QED) is 0.146. The minimum absolute atomic E-state index is 0.339. The molecule has 0 aromatic heterocycles. The highest BCUT2D eigenvalue weighted by molar-refractivity contribution is 5.87. The molecule has 2 unspecified atom stereocenters. The molecule has 0 spiro atoms. The van der Waals surface area contributed by atoms with Gasteiger partial charge in [0, 0.05) is 26.3 Å². The normalized spacial score (nSPS) is 12.7. The molecule has 2 aromatic carbocycles. The molecular weight excluding hydrogens is 632 g/mol. The van der Waals surface area contributed by atoms with Crippen molar-refractivity contribution in [2.24, 2.45) is 0 Å². The molecule has 2 aromatic rings. The van der Waals surface area contributed by atoms with Gasteiger partial charge in [-0.1, -0.05) is 60.7 Å². The summed E-state index contributed by atoms with van der Waals surface area (Å²) in [7, 11) is 0. The molecular formula is C36H54N4O9. The predicted molar refractivity (Wildman–Crippen MR) is 185 cm³/mol. The second kappa shape index (κ2) is 21.7. The van der Waals surface area contributed by atoms with Gasteiger partial charge in [0.25, 0.3) is 0 Å². The lowest BCUT2D eigenvalue weighted by Crippen LogP contribution is -2.42. The van der Waals surface area contributed by atoms with E-state index in [0.29, 0.717) is 76.7 Å². The molecule has 0 aliphatic carbocycles. The molecule has 0 radical (unpaired) electrons. The van der Waals surface area contributed by atoms with E-state index in [9.17, 15) is 19.2 Å². The first-order valence-corrected chi connectivity index (χ1v) is 16.6. The van der Waals surface area contributed by atoms with Gasteiger partial charge in [-0.3, -0.25) is 9.59 Å². The molecule has 49 heavy (non-hydrogen) atoms. The number of carbonyl (C=O) groups excluding carboxylic acids is 4. The third-order valence-electron chi connectivity index (χ3n) is 6.39. The van der Waals surface area contributed by atoms with E-state index in [1.807, 2.05) is 12.1 Å². The van der Waals surface area contributed by atoms with Crippen LogP contribution in [0.2, 0.25) is 0 Å². The summed E-state index contributed by atoms with van der Waals surface area (Å²) in [6.45, 7) is 13.7. The Morgan fingerprint density at radius 2 is 0.857 bits per heavy atom. The summed E-state index contributed by atoms with van der Waals surface area (Å²) in [4.78, 5) is 50.3. The molecule has 4 amide bonds. The molecule has 0 saturated heterocycles. The highest BCUT2D eigenvalue weighted by atomic mass is 16.6. The molecule has 13 heteroatoms. The lowest BCUT2D eigenvalue weighted by atomic mass is 10.1. The Hall–Kier alpha value is -4.20. The maximum atomic E-state index is 12.9. The van der Waals surface area contributed by atoms with E-state index in [1.165, 1.54) is 0 Å². The summed E-state index contributed by atoms with van der Waals surface area (Å²) >= 11 is 0. The predicted octanol–water partition coefficient (Wildman–Crippen LogP) is 4.58. The van der Waals surface area contributed by atoms with Gasteiger partial charge in [-0.2, -0.15) is 0 Å². The largest absolute Gasteiger partial charge is 0.444 e. The fraction of sp³-hybridized carbons (Fsp3) is 0.556. The Balaban J connectivity index is 1.53. The van der Waals surface area contributed by atoms with Gasteiger partial charge in [0.05, 0.1) is 26.4 Å². The van der Waals surface area contributed by atoms with Gasteiger partial charge in [-0.25, -0.2) is 9.59 Å². The first-order chi connectivity index (χ1) is 23.2. The zero-order chi connectivity index (χ0) is 36.1. The Labute approximate surface area is 290 Å². The van der Waals surface area contributed by atoms with Crippen LogP contribution >= 0.6 is 0 Å². The number of ether oxygens (including phenoxy) is 5. The molecule has 272 valence electrons. The van der Waals surface area contributed by atoms with Crippen LogP contribution in [0.3, 0.4) is 0 Å². The minimum atomic E-state index is -0.883. The molecule has 2 atom stereocenters. The van der Waals surface area contributed by atoms with Gasteiger partial charge in [0.1, 0.15) is 23.3 Å². The summed E-state index contributed by atoms with van der Waals surface area (Å²) < 4.78 is 27.3. The maximum Gasteiger partial charge on any atom is 0.408 e. The molecule has 2 rings (SSSR count). The van der Waals surface area contributed by atoms with Crippen molar-refractivity contribution in [2.75, 3.05) is 52.7 Å². The van der Waals surface area contributed by atoms with E-state index >= 15 is 0 Å². The molecule has 0 heterocycles. The zero-order valence-corrected chi connectivity index (χ0v) is 29.7. The summed E-state index contributed by atoms with van der Waals surface area (Å²) in [5, 5.41) is 11.0. The summed E-state index contributed by atoms with van der Waals surface area (Å²) in [5.74, 6) is -0.677. The van der Waals surface area contributed by atoms with E-state index in [2.05, 4.69) is 21.3 Å². The van der Waals surface area contributed by atoms with Gasteiger partial charge < -0.3 is 45.0 Å². The summed E-state index contributed by atoms with van der Waals surface area (Å²) in [6, 6.07) is 16.2. The van der Waals surface area contributed by atoms with Crippen LogP contribution in [0.5, 0.6) is 0 Å². The van der Waals surface area contributed by atoms with Gasteiger partial charge in [-0.15, -0.1) is 0 Å². The zero-order valence-electron chi connectivity index (χ0n) is 29.7. The Bertz CT molecular complexity index is 1170. The fourth-order valence-corrected chi connectivity index (χ4v) is 4.26. The third kappa shape index (κ3) is 18.8. The topological polar surface area (TPSA) is 163 Å². The number of rotatable bonds is 20. The molecule has 0 fully saturated rings. The first kappa shape index (κ1) is 41.0. The molecule has 0 aliphatic rings. The molecule has 0 aliphatic heterocycles. The van der Waals surface area contributed by atoms with Crippen LogP contribution in [-0.4, -0.2) is 87.9 Å². The van der Waals surface area contributed by atoms with E-state index in [0.717, 1.165) is 0 Å². The average molecular weight is 687 g/mol. The first-order valence-electron chi connectivity index (χ1n) is 16.6. The van der Waals surface area contributed by atoms with Crippen molar-refractivity contribution in [3.05, 3.63) is 71.8 Å². The van der Waals surface area contributed by atoms with Gasteiger partial charge in [0.15, 0.2) is 0 Å². The summed E-state index contributed by atoms with van der Waals surface area (Å²) in [5.41, 5.74) is -0.0703. The standard InChI is InChI=1S/C36H54N4O9/c1-35(2,3)48-33(43)39-29(27-15-9-7-10-16-27)31(41)37-19-13-21-45-23-25-47-26-24-46-22-14-20-38-32(42)30(28-17-11-8-12-18-28)40-34(44)49-36(4,5)6/h7-12,15-18,29-30H,13-14,19-26H2,1-6H3,(H,37,41)(H,38,42)(H,39,43)(H,40,44). The maximum absolute atomic E-state index is 12.9. The van der Waals surface area contributed by atoms with Crippen molar-refractivity contribution in [1.82, 2.24) is 21.3 Å². The lowest BCUT2D eigenvalue weighted by molar-refractivity contribution is -0.124. The van der Waals surface area contributed by atoms with Crippen LogP contribution in [0.1, 0.15) is 77.6 Å². The van der Waals surface area contributed by atoms with Crippen molar-refractivity contribution in [2.45, 2.75) is 77.7 Å². The van der Waals surface area contributed by atoms with Gasteiger partial charge in [-0.05, 0) is 65.5 Å². The fourth-order valence-electron chi connectivity index (χ4n) is 4.26. The number of benzene rings is 2. The molecule has 0 bridgehead atoms. The lowest BCUT2D eigenvalue weighted by Gasteiger charge is -2.23. The van der Waals surface area contributed by atoms with Crippen LogP contribution in [0, 0.1) is 0 Å². The number of hydrogen-bond acceptors (Lipinski definition) is 9. The number of nitrogens with one attached hydrogen (secondary N) is 4. The van der Waals surface area contributed by atoms with Crippen molar-refractivity contribution < 1.29 is 42.9 Å². The Morgan fingerprint density at radius 3 is 1.18 bits per heavy atom. The summed E-state index contributed by atoms with van der Waals surface area (Å²) in [6.07, 6.45) is -0.166. The van der Waals surface area contributed by atoms with Gasteiger partial charge in [0.2, 0.25) is 11.8 Å². The molecule has 4 N–H and O–H groups in total. The van der Waals surface area contributed by atoms with E-state index in [-0.39, 0.29) is 11.8 Å². The van der Waals surface area contributed by atoms with E-state index in [4.69, 9.17) is 23.7 Å². The third-order valence-corrected chi connectivity index (χ3v) is 6.39. The average Bonchev–Trinajstić information content (AvgIpc) is 3.03. The van der Waals surface area contributed by atoms with Crippen LogP contribution < -0.4 is 21.3 Å². The second-order valence-corrected chi connectivity index (χ2v) is 13.1. The number of carbonyl (C=O) groups is 4. The van der Waals surface area contributed by atoms with Crippen molar-refractivity contribution in [3.8, 4) is 0 Å². The molecule has 13 nitrogen and oxygen atoms in total. The second-order valence-electron chi connectivity index (χ2n) is 13.1. The minimum Gasteiger partial charge on any atom is -0.444 e. The Morgan fingerprint density at radius 1 is 0.531 bits per heavy atom. The SMILES string of the molecule is CC(C)(C)OC(=O)NC(C(=O)NCCCOCCOCCOCCCNC(=O)C(NC(=O)OC(C)(C)C)c1ccccc1)c1ccccc1. The number of hydrogen-bond donors (Lipinski definition) is 4. The van der Waals surface area contributed by atoms with Crippen LogP contribution in [0.25, 0.3) is 0 Å².